The van der Waals surface area contributed by atoms with E-state index >= 15 is 0 Å². The second-order valence-electron chi connectivity index (χ2n) is 5.81. The highest BCUT2D eigenvalue weighted by atomic mass is 16.5. The van der Waals surface area contributed by atoms with E-state index in [-0.39, 0.29) is 0 Å². The summed E-state index contributed by atoms with van der Waals surface area (Å²) in [5.41, 5.74) is 4.06. The van der Waals surface area contributed by atoms with Gasteiger partial charge in [0.05, 0.1) is 6.61 Å². The molecule has 0 aliphatic rings. The van der Waals surface area contributed by atoms with Crippen LogP contribution in [0, 0.1) is 0 Å². The number of hydrogen-bond acceptors (Lipinski definition) is 3. The summed E-state index contributed by atoms with van der Waals surface area (Å²) in [5, 5.41) is 0. The van der Waals surface area contributed by atoms with E-state index in [1.54, 1.807) is 6.92 Å². The molecular formula is C22H22O3. The molecule has 0 fully saturated rings. The molecule has 3 nitrogen and oxygen atoms in total. The minimum Gasteiger partial charge on any atom is -0.460 e. The fourth-order valence-electron chi connectivity index (χ4n) is 3.04. The maximum Gasteiger partial charge on any atom is 0.374 e. The number of aryl methyl sites for hydroxylation is 1. The van der Waals surface area contributed by atoms with Crippen LogP contribution in [-0.2, 0) is 17.6 Å². The van der Waals surface area contributed by atoms with Gasteiger partial charge >= 0.3 is 5.97 Å². The molecular weight excluding hydrogens is 312 g/mol. The highest BCUT2D eigenvalue weighted by molar-refractivity contribution is 5.96. The molecule has 1 aromatic heterocycles. The molecule has 128 valence electrons. The zero-order valence-electron chi connectivity index (χ0n) is 14.6. The molecule has 0 aliphatic heterocycles. The second kappa shape index (κ2) is 7.84. The third-order valence-electron chi connectivity index (χ3n) is 4.16. The molecule has 0 bridgehead atoms. The molecule has 0 saturated carbocycles. The van der Waals surface area contributed by atoms with Crippen LogP contribution in [0.2, 0.25) is 0 Å². The van der Waals surface area contributed by atoms with Gasteiger partial charge in [-0.25, -0.2) is 4.79 Å². The topological polar surface area (TPSA) is 39.4 Å². The Bertz CT molecular complexity index is 832. The molecule has 3 aromatic rings. The Labute approximate surface area is 148 Å². The van der Waals surface area contributed by atoms with Crippen molar-refractivity contribution in [1.29, 1.82) is 0 Å². The quantitative estimate of drug-likeness (QED) is 0.576. The molecule has 0 radical (unpaired) electrons. The van der Waals surface area contributed by atoms with E-state index in [2.05, 4.69) is 12.1 Å². The minimum atomic E-state index is -0.407. The van der Waals surface area contributed by atoms with E-state index in [9.17, 15) is 4.79 Å². The molecule has 0 spiro atoms. The highest BCUT2D eigenvalue weighted by Crippen LogP contribution is 2.35. The van der Waals surface area contributed by atoms with Crippen LogP contribution in [0.25, 0.3) is 11.1 Å². The molecule has 3 rings (SSSR count). The van der Waals surface area contributed by atoms with Gasteiger partial charge in [-0.3, -0.25) is 0 Å². The smallest absolute Gasteiger partial charge is 0.374 e. The van der Waals surface area contributed by atoms with Crippen molar-refractivity contribution in [2.75, 3.05) is 6.61 Å². The summed E-state index contributed by atoms with van der Waals surface area (Å²) >= 11 is 0. The molecule has 0 N–H and O–H groups in total. The van der Waals surface area contributed by atoms with Gasteiger partial charge in [0, 0.05) is 24.0 Å². The van der Waals surface area contributed by atoms with Crippen LogP contribution >= 0.6 is 0 Å². The van der Waals surface area contributed by atoms with Crippen molar-refractivity contribution < 1.29 is 13.9 Å². The molecule has 3 heteroatoms. The predicted octanol–water partition coefficient (Wildman–Crippen LogP) is 5.28. The number of hydrogen-bond donors (Lipinski definition) is 0. The number of benzene rings is 2. The van der Waals surface area contributed by atoms with E-state index in [1.165, 1.54) is 5.56 Å². The number of ether oxygens (including phenoxy) is 1. The minimum absolute atomic E-state index is 0.302. The van der Waals surface area contributed by atoms with E-state index in [1.807, 2.05) is 55.5 Å². The SMILES string of the molecule is CCOC(=O)c1oc(CC)c(Cc2ccccc2)c1-c1ccccc1. The molecule has 0 amide bonds. The maximum atomic E-state index is 12.5. The van der Waals surface area contributed by atoms with Crippen molar-refractivity contribution in [3.63, 3.8) is 0 Å². The van der Waals surface area contributed by atoms with Crippen LogP contribution in [0.5, 0.6) is 0 Å². The maximum absolute atomic E-state index is 12.5. The normalized spacial score (nSPS) is 10.6. The lowest BCUT2D eigenvalue weighted by Crippen LogP contribution is -2.05. The summed E-state index contributed by atoms with van der Waals surface area (Å²) < 4.78 is 11.2. The molecule has 0 atom stereocenters. The lowest BCUT2D eigenvalue weighted by molar-refractivity contribution is 0.0489. The Balaban J connectivity index is 2.16. The third-order valence-corrected chi connectivity index (χ3v) is 4.16. The van der Waals surface area contributed by atoms with Gasteiger partial charge in [-0.2, -0.15) is 0 Å². The summed E-state index contributed by atoms with van der Waals surface area (Å²) in [7, 11) is 0. The fourth-order valence-corrected chi connectivity index (χ4v) is 3.04. The Hall–Kier alpha value is -2.81. The Morgan fingerprint density at radius 1 is 0.960 bits per heavy atom. The first-order valence-corrected chi connectivity index (χ1v) is 8.65. The summed E-state index contributed by atoms with van der Waals surface area (Å²) in [5.74, 6) is 0.733. The lowest BCUT2D eigenvalue weighted by atomic mass is 9.94. The van der Waals surface area contributed by atoms with E-state index < -0.39 is 5.97 Å². The second-order valence-corrected chi connectivity index (χ2v) is 5.81. The highest BCUT2D eigenvalue weighted by Gasteiger charge is 2.26. The zero-order valence-corrected chi connectivity index (χ0v) is 14.6. The standard InChI is InChI=1S/C22H22O3/c1-3-19-18(15-16-11-7-5-8-12-16)20(17-13-9-6-10-14-17)21(25-19)22(23)24-4-2/h5-14H,3-4,15H2,1-2H3. The molecule has 0 saturated heterocycles. The summed E-state index contributed by atoms with van der Waals surface area (Å²) in [6.07, 6.45) is 1.44. The Morgan fingerprint density at radius 2 is 1.60 bits per heavy atom. The third kappa shape index (κ3) is 3.66. The van der Waals surface area contributed by atoms with E-state index in [4.69, 9.17) is 9.15 Å². The summed E-state index contributed by atoms with van der Waals surface area (Å²) in [6.45, 7) is 4.16. The van der Waals surface area contributed by atoms with Crippen LogP contribution < -0.4 is 0 Å². The first kappa shape index (κ1) is 17.0. The number of carbonyl (C=O) groups is 1. The fraction of sp³-hybridized carbons (Fsp3) is 0.227. The van der Waals surface area contributed by atoms with Gasteiger partial charge in [0.25, 0.3) is 0 Å². The molecule has 0 unspecified atom stereocenters. The molecule has 25 heavy (non-hydrogen) atoms. The molecule has 2 aromatic carbocycles. The first-order chi connectivity index (χ1) is 12.2. The van der Waals surface area contributed by atoms with Crippen molar-refractivity contribution in [2.45, 2.75) is 26.7 Å². The summed E-state index contributed by atoms with van der Waals surface area (Å²) in [6, 6.07) is 20.1. The van der Waals surface area contributed by atoms with E-state index in [0.29, 0.717) is 12.4 Å². The van der Waals surface area contributed by atoms with Crippen LogP contribution in [0.15, 0.2) is 65.1 Å². The number of esters is 1. The van der Waals surface area contributed by atoms with Crippen molar-refractivity contribution >= 4 is 5.97 Å². The van der Waals surface area contributed by atoms with Crippen molar-refractivity contribution in [1.82, 2.24) is 0 Å². The largest absolute Gasteiger partial charge is 0.460 e. The van der Waals surface area contributed by atoms with Crippen LogP contribution in [0.3, 0.4) is 0 Å². The van der Waals surface area contributed by atoms with Crippen molar-refractivity contribution in [2.24, 2.45) is 0 Å². The van der Waals surface area contributed by atoms with Gasteiger partial charge in [0.1, 0.15) is 5.76 Å². The number of furan rings is 1. The van der Waals surface area contributed by atoms with Crippen molar-refractivity contribution in [3.05, 3.63) is 83.3 Å². The van der Waals surface area contributed by atoms with Gasteiger partial charge in [-0.1, -0.05) is 67.6 Å². The van der Waals surface area contributed by atoms with Gasteiger partial charge in [0.15, 0.2) is 0 Å². The van der Waals surface area contributed by atoms with Gasteiger partial charge < -0.3 is 9.15 Å². The lowest BCUT2D eigenvalue weighted by Gasteiger charge is -2.07. The van der Waals surface area contributed by atoms with Crippen molar-refractivity contribution in [3.8, 4) is 11.1 Å². The number of rotatable bonds is 6. The van der Waals surface area contributed by atoms with Crippen LogP contribution in [0.1, 0.15) is 41.3 Å². The van der Waals surface area contributed by atoms with Crippen LogP contribution in [0.4, 0.5) is 0 Å². The van der Waals surface area contributed by atoms with E-state index in [0.717, 1.165) is 35.3 Å². The first-order valence-electron chi connectivity index (χ1n) is 8.65. The predicted molar refractivity (Wildman–Crippen MR) is 98.7 cm³/mol. The average Bonchev–Trinajstić information content (AvgIpc) is 3.02. The van der Waals surface area contributed by atoms with Gasteiger partial charge in [-0.15, -0.1) is 0 Å². The zero-order chi connectivity index (χ0) is 17.6. The molecule has 0 aliphatic carbocycles. The van der Waals surface area contributed by atoms with Crippen LogP contribution in [-0.4, -0.2) is 12.6 Å². The Morgan fingerprint density at radius 3 is 2.20 bits per heavy atom. The summed E-state index contributed by atoms with van der Waals surface area (Å²) in [4.78, 5) is 12.5. The monoisotopic (exact) mass is 334 g/mol. The van der Waals surface area contributed by atoms with Gasteiger partial charge in [-0.05, 0) is 18.1 Å². The average molecular weight is 334 g/mol. The van der Waals surface area contributed by atoms with Gasteiger partial charge in [0.2, 0.25) is 5.76 Å². The Kier molecular flexibility index (Phi) is 5.34. The molecule has 1 heterocycles. The number of carbonyl (C=O) groups excluding carboxylic acids is 1.